The lowest BCUT2D eigenvalue weighted by atomic mass is 10.3. The fraction of sp³-hybridized carbons (Fsp3) is 0.125. The lowest BCUT2D eigenvalue weighted by Gasteiger charge is -1.84. The Labute approximate surface area is 78.8 Å². The molecular weight excluding hydrogens is 194 g/mol. The number of oxazole rings is 1. The minimum atomic E-state index is 0.396. The second-order valence-electron chi connectivity index (χ2n) is 2.29. The van der Waals surface area contributed by atoms with Crippen molar-refractivity contribution in [3.8, 4) is 11.5 Å². The maximum atomic E-state index is 5.58. The maximum Gasteiger partial charge on any atom is 0.227 e. The van der Waals surface area contributed by atoms with E-state index < -0.39 is 0 Å². The molecule has 0 spiro atoms. The van der Waals surface area contributed by atoms with Crippen LogP contribution in [-0.4, -0.2) is 4.98 Å². The maximum absolute atomic E-state index is 5.58. The van der Waals surface area contributed by atoms with Gasteiger partial charge in [0.2, 0.25) is 5.89 Å². The van der Waals surface area contributed by atoms with Crippen molar-refractivity contribution in [3.05, 3.63) is 28.8 Å². The molecule has 0 aliphatic rings. The Bertz CT molecular complexity index is 355. The Hall–Kier alpha value is -0.800. The summed E-state index contributed by atoms with van der Waals surface area (Å²) in [4.78, 5) is 4.18. The molecule has 62 valence electrons. The van der Waals surface area contributed by atoms with Crippen molar-refractivity contribution in [1.29, 1.82) is 0 Å². The molecule has 2 aromatic heterocycles. The molecule has 0 aromatic carbocycles. The summed E-state index contributed by atoms with van der Waals surface area (Å²) in [5.74, 6) is 1.04. The van der Waals surface area contributed by atoms with Crippen LogP contribution in [0.1, 0.15) is 5.69 Å². The van der Waals surface area contributed by atoms with Crippen molar-refractivity contribution in [2.24, 2.45) is 0 Å². The highest BCUT2D eigenvalue weighted by atomic mass is 35.5. The normalized spacial score (nSPS) is 10.4. The van der Waals surface area contributed by atoms with Crippen LogP contribution in [0.3, 0.4) is 0 Å². The van der Waals surface area contributed by atoms with Crippen molar-refractivity contribution in [1.82, 2.24) is 4.98 Å². The molecule has 0 atom stereocenters. The summed E-state index contributed by atoms with van der Waals surface area (Å²) in [6.45, 7) is 0. The van der Waals surface area contributed by atoms with Crippen LogP contribution in [-0.2, 0) is 5.88 Å². The highest BCUT2D eigenvalue weighted by molar-refractivity contribution is 7.08. The molecule has 4 heteroatoms. The van der Waals surface area contributed by atoms with Gasteiger partial charge in [-0.05, 0) is 11.4 Å². The standard InChI is InChI=1S/C8H6ClNOS/c9-3-7-4-11-8(10-7)6-1-2-12-5-6/h1-2,4-5H,3H2. The van der Waals surface area contributed by atoms with Crippen molar-refractivity contribution < 1.29 is 4.42 Å². The number of rotatable bonds is 2. The Morgan fingerprint density at radius 3 is 3.08 bits per heavy atom. The van der Waals surface area contributed by atoms with Crippen molar-refractivity contribution in [2.45, 2.75) is 5.88 Å². The molecule has 2 aromatic rings. The van der Waals surface area contributed by atoms with E-state index in [2.05, 4.69) is 4.98 Å². The van der Waals surface area contributed by atoms with Gasteiger partial charge in [-0.15, -0.1) is 11.6 Å². The lowest BCUT2D eigenvalue weighted by molar-refractivity contribution is 0.573. The van der Waals surface area contributed by atoms with Crippen molar-refractivity contribution in [2.75, 3.05) is 0 Å². The van der Waals surface area contributed by atoms with Crippen LogP contribution in [0.25, 0.3) is 11.5 Å². The number of hydrogen-bond acceptors (Lipinski definition) is 3. The van der Waals surface area contributed by atoms with E-state index in [0.717, 1.165) is 11.3 Å². The quantitative estimate of drug-likeness (QED) is 0.695. The predicted octanol–water partition coefficient (Wildman–Crippen LogP) is 3.14. The molecule has 0 amide bonds. The number of halogens is 1. The minimum Gasteiger partial charge on any atom is -0.444 e. The van der Waals surface area contributed by atoms with Crippen LogP contribution in [0.5, 0.6) is 0 Å². The van der Waals surface area contributed by atoms with Crippen LogP contribution in [0.2, 0.25) is 0 Å². The Balaban J connectivity index is 2.35. The van der Waals surface area contributed by atoms with Gasteiger partial charge in [-0.2, -0.15) is 11.3 Å². The average molecular weight is 200 g/mol. The van der Waals surface area contributed by atoms with Gasteiger partial charge in [0.1, 0.15) is 6.26 Å². The van der Waals surface area contributed by atoms with Crippen molar-refractivity contribution in [3.63, 3.8) is 0 Å². The van der Waals surface area contributed by atoms with E-state index in [-0.39, 0.29) is 0 Å². The molecule has 0 saturated carbocycles. The predicted molar refractivity (Wildman–Crippen MR) is 49.4 cm³/mol. The largest absolute Gasteiger partial charge is 0.444 e. The summed E-state index contributed by atoms with van der Waals surface area (Å²) in [6.07, 6.45) is 1.58. The van der Waals surface area contributed by atoms with Gasteiger partial charge >= 0.3 is 0 Å². The zero-order valence-corrected chi connectivity index (χ0v) is 7.73. The second kappa shape index (κ2) is 3.29. The second-order valence-corrected chi connectivity index (χ2v) is 3.34. The van der Waals surface area contributed by atoms with Gasteiger partial charge in [-0.1, -0.05) is 0 Å². The summed E-state index contributed by atoms with van der Waals surface area (Å²) < 4.78 is 5.21. The smallest absolute Gasteiger partial charge is 0.227 e. The molecule has 0 bridgehead atoms. The van der Waals surface area contributed by atoms with E-state index in [1.807, 2.05) is 16.8 Å². The van der Waals surface area contributed by atoms with E-state index in [0.29, 0.717) is 11.8 Å². The Morgan fingerprint density at radius 2 is 2.50 bits per heavy atom. The first-order chi connectivity index (χ1) is 5.90. The van der Waals surface area contributed by atoms with Crippen LogP contribution in [0.4, 0.5) is 0 Å². The molecule has 2 rings (SSSR count). The third-order valence-electron chi connectivity index (χ3n) is 1.46. The Kier molecular flexibility index (Phi) is 2.15. The van der Waals surface area contributed by atoms with Gasteiger partial charge in [-0.3, -0.25) is 0 Å². The first-order valence-corrected chi connectivity index (χ1v) is 4.91. The van der Waals surface area contributed by atoms with Crippen LogP contribution >= 0.6 is 22.9 Å². The Morgan fingerprint density at radius 1 is 1.58 bits per heavy atom. The fourth-order valence-electron chi connectivity index (χ4n) is 0.887. The van der Waals surface area contributed by atoms with Gasteiger partial charge in [0, 0.05) is 10.9 Å². The molecule has 2 heterocycles. The van der Waals surface area contributed by atoms with Gasteiger partial charge in [0.05, 0.1) is 11.6 Å². The minimum absolute atomic E-state index is 0.396. The first-order valence-electron chi connectivity index (χ1n) is 3.43. The lowest BCUT2D eigenvalue weighted by Crippen LogP contribution is -1.76. The van der Waals surface area contributed by atoms with E-state index in [1.165, 1.54) is 0 Å². The number of nitrogens with zero attached hydrogens (tertiary/aromatic N) is 1. The van der Waals surface area contributed by atoms with E-state index >= 15 is 0 Å². The topological polar surface area (TPSA) is 26.0 Å². The average Bonchev–Trinajstić information content (AvgIpc) is 2.75. The van der Waals surface area contributed by atoms with Gasteiger partial charge < -0.3 is 4.42 Å². The van der Waals surface area contributed by atoms with Gasteiger partial charge in [-0.25, -0.2) is 4.98 Å². The SMILES string of the molecule is ClCc1coc(-c2ccsc2)n1. The molecule has 0 unspecified atom stereocenters. The molecule has 0 fully saturated rings. The molecule has 0 aliphatic carbocycles. The summed E-state index contributed by atoms with van der Waals surface area (Å²) in [5.41, 5.74) is 1.79. The van der Waals surface area contributed by atoms with E-state index in [9.17, 15) is 0 Å². The molecule has 0 aliphatic heterocycles. The summed E-state index contributed by atoms with van der Waals surface area (Å²) in [5, 5.41) is 3.98. The molecule has 2 nitrogen and oxygen atoms in total. The summed E-state index contributed by atoms with van der Waals surface area (Å²) >= 11 is 7.20. The van der Waals surface area contributed by atoms with Crippen LogP contribution < -0.4 is 0 Å². The summed E-state index contributed by atoms with van der Waals surface area (Å²) in [7, 11) is 0. The number of aromatic nitrogens is 1. The zero-order valence-electron chi connectivity index (χ0n) is 6.16. The summed E-state index contributed by atoms with van der Waals surface area (Å²) in [6, 6.07) is 1.97. The zero-order chi connectivity index (χ0) is 8.39. The number of hydrogen-bond donors (Lipinski definition) is 0. The van der Waals surface area contributed by atoms with Crippen LogP contribution in [0.15, 0.2) is 27.5 Å². The van der Waals surface area contributed by atoms with Gasteiger partial charge in [0.15, 0.2) is 0 Å². The monoisotopic (exact) mass is 199 g/mol. The molecular formula is C8H6ClNOS. The molecule has 12 heavy (non-hydrogen) atoms. The highest BCUT2D eigenvalue weighted by Crippen LogP contribution is 2.21. The first kappa shape index (κ1) is 7.83. The van der Waals surface area contributed by atoms with Crippen LogP contribution in [0, 0.1) is 0 Å². The molecule has 0 N–H and O–H groups in total. The fourth-order valence-corrected chi connectivity index (χ4v) is 1.64. The van der Waals surface area contributed by atoms with Crippen molar-refractivity contribution >= 4 is 22.9 Å². The molecule has 0 saturated heterocycles. The molecule has 0 radical (unpaired) electrons. The van der Waals surface area contributed by atoms with E-state index in [1.54, 1.807) is 17.6 Å². The number of alkyl halides is 1. The third-order valence-corrected chi connectivity index (χ3v) is 2.41. The highest BCUT2D eigenvalue weighted by Gasteiger charge is 2.05. The third kappa shape index (κ3) is 1.38. The van der Waals surface area contributed by atoms with Gasteiger partial charge in [0.25, 0.3) is 0 Å². The number of thiophene rings is 1. The van der Waals surface area contributed by atoms with E-state index in [4.69, 9.17) is 16.0 Å².